The minimum absolute atomic E-state index is 0.0908. The Kier molecular flexibility index (Phi) is 7.25. The van der Waals surface area contributed by atoms with E-state index in [2.05, 4.69) is 24.1 Å². The molecule has 1 aromatic rings. The number of hydrogen-bond donors (Lipinski definition) is 2. The van der Waals surface area contributed by atoms with E-state index in [1.807, 2.05) is 37.3 Å². The van der Waals surface area contributed by atoms with Crippen LogP contribution in [-0.4, -0.2) is 41.6 Å². The second-order valence-electron chi connectivity index (χ2n) is 7.38. The molecule has 0 spiro atoms. The van der Waals surface area contributed by atoms with Gasteiger partial charge in [0.15, 0.2) is 0 Å². The van der Waals surface area contributed by atoms with Gasteiger partial charge in [-0.3, -0.25) is 9.69 Å². The van der Waals surface area contributed by atoms with Crippen molar-refractivity contribution < 1.29 is 9.90 Å². The van der Waals surface area contributed by atoms with Crippen molar-refractivity contribution in [1.82, 2.24) is 10.2 Å². The number of aliphatic hydroxyl groups excluding tert-OH is 1. The lowest BCUT2D eigenvalue weighted by Crippen LogP contribution is -2.49. The zero-order chi connectivity index (χ0) is 17.5. The van der Waals surface area contributed by atoms with Crippen LogP contribution < -0.4 is 5.32 Å². The number of carbonyl (C=O) groups excluding carboxylic acids is 1. The summed E-state index contributed by atoms with van der Waals surface area (Å²) in [5.41, 5.74) is 0.996. The molecular weight excluding hydrogens is 300 g/mol. The van der Waals surface area contributed by atoms with Crippen molar-refractivity contribution in [3.8, 4) is 0 Å². The summed E-state index contributed by atoms with van der Waals surface area (Å²) in [4.78, 5) is 14.5. The highest BCUT2D eigenvalue weighted by Crippen LogP contribution is 2.31. The third-order valence-corrected chi connectivity index (χ3v) is 5.11. The second kappa shape index (κ2) is 9.19. The fraction of sp³-hybridized carbons (Fsp3) is 0.650. The van der Waals surface area contributed by atoms with Crippen LogP contribution in [0.15, 0.2) is 30.3 Å². The normalized spacial score (nSPS) is 19.2. The molecule has 134 valence electrons. The lowest BCUT2D eigenvalue weighted by molar-refractivity contribution is -0.126. The Balaban J connectivity index is 1.78. The van der Waals surface area contributed by atoms with Gasteiger partial charge in [-0.1, -0.05) is 44.2 Å². The molecule has 0 radical (unpaired) electrons. The molecule has 4 heteroatoms. The highest BCUT2D eigenvalue weighted by atomic mass is 16.3. The third kappa shape index (κ3) is 5.32. The Morgan fingerprint density at radius 1 is 1.21 bits per heavy atom. The monoisotopic (exact) mass is 332 g/mol. The van der Waals surface area contributed by atoms with Crippen molar-refractivity contribution in [1.29, 1.82) is 0 Å². The van der Waals surface area contributed by atoms with Crippen molar-refractivity contribution in [2.24, 2.45) is 11.8 Å². The number of amides is 1. The third-order valence-electron chi connectivity index (χ3n) is 5.11. The summed E-state index contributed by atoms with van der Waals surface area (Å²) >= 11 is 0. The first kappa shape index (κ1) is 18.9. The molecule has 1 heterocycles. The first-order chi connectivity index (χ1) is 11.5. The average molecular weight is 332 g/mol. The molecule has 2 N–H and O–H groups in total. The van der Waals surface area contributed by atoms with E-state index in [-0.39, 0.29) is 17.9 Å². The predicted octanol–water partition coefficient (Wildman–Crippen LogP) is 2.98. The topological polar surface area (TPSA) is 52.6 Å². The molecule has 0 saturated carbocycles. The van der Waals surface area contributed by atoms with E-state index in [1.165, 1.54) is 0 Å². The molecule has 1 fully saturated rings. The molecule has 1 aliphatic heterocycles. The van der Waals surface area contributed by atoms with Gasteiger partial charge in [0.1, 0.15) is 0 Å². The number of aliphatic hydroxyl groups is 1. The standard InChI is InChI=1S/C20H32N2O2/c1-15(2)9-12-21-20(24)16(3)22-13-10-18(11-14-22)19(23)17-7-5-4-6-8-17/h4-8,15-16,18-19,23H,9-14H2,1-3H3,(H,21,24). The number of likely N-dealkylation sites (tertiary alicyclic amines) is 1. The number of rotatable bonds is 7. The van der Waals surface area contributed by atoms with Gasteiger partial charge in [-0.15, -0.1) is 0 Å². The van der Waals surface area contributed by atoms with E-state index in [1.54, 1.807) is 0 Å². The minimum atomic E-state index is -0.400. The van der Waals surface area contributed by atoms with Gasteiger partial charge in [-0.2, -0.15) is 0 Å². The second-order valence-corrected chi connectivity index (χ2v) is 7.38. The van der Waals surface area contributed by atoms with E-state index in [0.29, 0.717) is 5.92 Å². The maximum absolute atomic E-state index is 12.3. The lowest BCUT2D eigenvalue weighted by atomic mass is 9.87. The van der Waals surface area contributed by atoms with Crippen LogP contribution in [0.25, 0.3) is 0 Å². The number of nitrogens with one attached hydrogen (secondary N) is 1. The Morgan fingerprint density at radius 2 is 1.83 bits per heavy atom. The van der Waals surface area contributed by atoms with Gasteiger partial charge in [0.25, 0.3) is 0 Å². The molecule has 1 amide bonds. The van der Waals surface area contributed by atoms with Crippen LogP contribution >= 0.6 is 0 Å². The van der Waals surface area contributed by atoms with E-state index in [9.17, 15) is 9.90 Å². The predicted molar refractivity (Wildman–Crippen MR) is 97.6 cm³/mol. The van der Waals surface area contributed by atoms with E-state index < -0.39 is 6.10 Å². The Bertz CT molecular complexity index is 496. The number of hydrogen-bond acceptors (Lipinski definition) is 3. The van der Waals surface area contributed by atoms with Crippen molar-refractivity contribution in [2.45, 2.75) is 52.2 Å². The molecule has 1 saturated heterocycles. The average Bonchev–Trinajstić information content (AvgIpc) is 2.61. The fourth-order valence-corrected chi connectivity index (χ4v) is 3.34. The molecule has 0 aromatic heterocycles. The molecule has 2 atom stereocenters. The summed E-state index contributed by atoms with van der Waals surface area (Å²) in [6.07, 6.45) is 2.48. The molecule has 1 aliphatic rings. The molecule has 0 aliphatic carbocycles. The summed E-state index contributed by atoms with van der Waals surface area (Å²) in [6, 6.07) is 9.79. The fourth-order valence-electron chi connectivity index (χ4n) is 3.34. The molecule has 2 rings (SSSR count). The molecule has 24 heavy (non-hydrogen) atoms. The van der Waals surface area contributed by atoms with Crippen LogP contribution in [-0.2, 0) is 4.79 Å². The van der Waals surface area contributed by atoms with Crippen LogP contribution in [0.5, 0.6) is 0 Å². The van der Waals surface area contributed by atoms with E-state index in [0.717, 1.165) is 44.5 Å². The van der Waals surface area contributed by atoms with E-state index in [4.69, 9.17) is 0 Å². The van der Waals surface area contributed by atoms with Gasteiger partial charge in [-0.05, 0) is 56.7 Å². The molecular formula is C20H32N2O2. The highest BCUT2D eigenvalue weighted by Gasteiger charge is 2.30. The summed E-state index contributed by atoms with van der Waals surface area (Å²) in [7, 11) is 0. The Hall–Kier alpha value is -1.39. The summed E-state index contributed by atoms with van der Waals surface area (Å²) in [5.74, 6) is 1.01. The first-order valence-electron chi connectivity index (χ1n) is 9.23. The quantitative estimate of drug-likeness (QED) is 0.807. The van der Waals surface area contributed by atoms with Gasteiger partial charge in [0.05, 0.1) is 12.1 Å². The van der Waals surface area contributed by atoms with Crippen molar-refractivity contribution in [3.63, 3.8) is 0 Å². The molecule has 1 aromatic carbocycles. The zero-order valence-electron chi connectivity index (χ0n) is 15.2. The molecule has 0 bridgehead atoms. The summed E-state index contributed by atoms with van der Waals surface area (Å²) < 4.78 is 0. The smallest absolute Gasteiger partial charge is 0.237 e. The van der Waals surface area contributed by atoms with Gasteiger partial charge < -0.3 is 10.4 Å². The van der Waals surface area contributed by atoms with Gasteiger partial charge in [-0.25, -0.2) is 0 Å². The van der Waals surface area contributed by atoms with Crippen LogP contribution in [0.3, 0.4) is 0 Å². The first-order valence-corrected chi connectivity index (χ1v) is 9.23. The SMILES string of the molecule is CC(C)CCNC(=O)C(C)N1CCC(C(O)c2ccccc2)CC1. The Labute approximate surface area is 146 Å². The molecule has 4 nitrogen and oxygen atoms in total. The lowest BCUT2D eigenvalue weighted by Gasteiger charge is -2.37. The van der Waals surface area contributed by atoms with Gasteiger partial charge in [0.2, 0.25) is 5.91 Å². The van der Waals surface area contributed by atoms with Crippen molar-refractivity contribution >= 4 is 5.91 Å². The number of nitrogens with zero attached hydrogens (tertiary/aromatic N) is 1. The zero-order valence-corrected chi connectivity index (χ0v) is 15.2. The largest absolute Gasteiger partial charge is 0.388 e. The molecule has 2 unspecified atom stereocenters. The highest BCUT2D eigenvalue weighted by molar-refractivity contribution is 5.81. The van der Waals surface area contributed by atoms with Crippen LogP contribution in [0.1, 0.15) is 51.7 Å². The maximum Gasteiger partial charge on any atom is 0.237 e. The van der Waals surface area contributed by atoms with Gasteiger partial charge in [0, 0.05) is 6.54 Å². The maximum atomic E-state index is 12.3. The van der Waals surface area contributed by atoms with Gasteiger partial charge >= 0.3 is 0 Å². The van der Waals surface area contributed by atoms with Crippen molar-refractivity contribution in [2.75, 3.05) is 19.6 Å². The van der Waals surface area contributed by atoms with Crippen molar-refractivity contribution in [3.05, 3.63) is 35.9 Å². The Morgan fingerprint density at radius 3 is 2.42 bits per heavy atom. The summed E-state index contributed by atoms with van der Waals surface area (Å²) in [6.45, 7) is 8.81. The van der Waals surface area contributed by atoms with Crippen LogP contribution in [0.4, 0.5) is 0 Å². The number of benzene rings is 1. The summed E-state index contributed by atoms with van der Waals surface area (Å²) in [5, 5.41) is 13.6. The minimum Gasteiger partial charge on any atom is -0.388 e. The number of piperidine rings is 1. The van der Waals surface area contributed by atoms with E-state index >= 15 is 0 Å². The van der Waals surface area contributed by atoms with Crippen LogP contribution in [0, 0.1) is 11.8 Å². The number of carbonyl (C=O) groups is 1. The van der Waals surface area contributed by atoms with Crippen LogP contribution in [0.2, 0.25) is 0 Å².